The van der Waals surface area contributed by atoms with Crippen LogP contribution in [-0.4, -0.2) is 9.78 Å². The minimum absolute atomic E-state index is 0.580. The average Bonchev–Trinajstić information content (AvgIpc) is 2.69. The first-order chi connectivity index (χ1) is 8.08. The molecule has 90 valence electrons. The number of nitrogen functional groups attached to an aromatic ring is 1. The summed E-state index contributed by atoms with van der Waals surface area (Å²) in [5.74, 6) is 0.580. The number of hydrogen-bond acceptors (Lipinski definition) is 2. The van der Waals surface area contributed by atoms with Crippen molar-refractivity contribution < 1.29 is 0 Å². The van der Waals surface area contributed by atoms with Crippen molar-refractivity contribution in [3.63, 3.8) is 0 Å². The number of benzene rings is 1. The molecule has 0 saturated heterocycles. The second-order valence-corrected chi connectivity index (χ2v) is 4.86. The molecule has 3 heteroatoms. The van der Waals surface area contributed by atoms with Gasteiger partial charge in [0, 0.05) is 24.0 Å². The van der Waals surface area contributed by atoms with E-state index in [1.165, 1.54) is 0 Å². The smallest absolute Gasteiger partial charge is 0.0683 e. The fraction of sp³-hybridized carbons (Fsp3) is 0.357. The van der Waals surface area contributed by atoms with E-state index in [0.29, 0.717) is 5.92 Å². The van der Waals surface area contributed by atoms with Crippen LogP contribution in [0.1, 0.15) is 19.4 Å². The summed E-state index contributed by atoms with van der Waals surface area (Å²) in [4.78, 5) is 0. The topological polar surface area (TPSA) is 43.8 Å². The van der Waals surface area contributed by atoms with Gasteiger partial charge in [-0.2, -0.15) is 5.10 Å². The van der Waals surface area contributed by atoms with Gasteiger partial charge in [0.05, 0.1) is 5.69 Å². The molecule has 0 unspecified atom stereocenters. The van der Waals surface area contributed by atoms with Gasteiger partial charge in [0.25, 0.3) is 0 Å². The van der Waals surface area contributed by atoms with E-state index < -0.39 is 0 Å². The number of nitrogens with zero attached hydrogens (tertiary/aromatic N) is 2. The minimum Gasteiger partial charge on any atom is -0.398 e. The van der Waals surface area contributed by atoms with Crippen LogP contribution in [0.25, 0.3) is 11.3 Å². The molecule has 0 amide bonds. The van der Waals surface area contributed by atoms with Gasteiger partial charge in [-0.05, 0) is 30.5 Å². The Kier molecular flexibility index (Phi) is 3.18. The van der Waals surface area contributed by atoms with Crippen molar-refractivity contribution in [3.05, 3.63) is 36.0 Å². The van der Waals surface area contributed by atoms with Crippen molar-refractivity contribution in [3.8, 4) is 11.3 Å². The van der Waals surface area contributed by atoms with Crippen molar-refractivity contribution in [2.75, 3.05) is 5.73 Å². The molecule has 2 N–H and O–H groups in total. The molecule has 0 aliphatic heterocycles. The summed E-state index contributed by atoms with van der Waals surface area (Å²) in [6.07, 6.45) is 1.84. The molecule has 0 atom stereocenters. The van der Waals surface area contributed by atoms with E-state index >= 15 is 0 Å². The number of aryl methyl sites for hydroxylation is 1. The summed E-state index contributed by atoms with van der Waals surface area (Å²) in [7, 11) is 0. The van der Waals surface area contributed by atoms with Crippen LogP contribution in [0.4, 0.5) is 5.69 Å². The summed E-state index contributed by atoms with van der Waals surface area (Å²) in [5, 5.41) is 4.36. The van der Waals surface area contributed by atoms with Gasteiger partial charge < -0.3 is 5.73 Å². The molecule has 0 bridgehead atoms. The lowest BCUT2D eigenvalue weighted by Crippen LogP contribution is -2.07. The van der Waals surface area contributed by atoms with Crippen molar-refractivity contribution in [1.82, 2.24) is 9.78 Å². The van der Waals surface area contributed by atoms with Gasteiger partial charge in [0.15, 0.2) is 0 Å². The zero-order chi connectivity index (χ0) is 12.4. The molecule has 0 aliphatic carbocycles. The highest BCUT2D eigenvalue weighted by atomic mass is 15.3. The Hall–Kier alpha value is -1.77. The standard InChI is InChI=1S/C14H19N3/c1-10(2)9-17-14(6-7-16-17)12-5-4-11(3)13(15)8-12/h4-8,10H,9,15H2,1-3H3. The minimum atomic E-state index is 0.580. The first-order valence-corrected chi connectivity index (χ1v) is 5.96. The van der Waals surface area contributed by atoms with Gasteiger partial charge in [0.1, 0.15) is 0 Å². The van der Waals surface area contributed by atoms with Crippen LogP contribution >= 0.6 is 0 Å². The van der Waals surface area contributed by atoms with Crippen LogP contribution in [0.3, 0.4) is 0 Å². The molecule has 0 spiro atoms. The van der Waals surface area contributed by atoms with Gasteiger partial charge >= 0.3 is 0 Å². The van der Waals surface area contributed by atoms with Crippen LogP contribution in [0.2, 0.25) is 0 Å². The largest absolute Gasteiger partial charge is 0.398 e. The van der Waals surface area contributed by atoms with E-state index in [4.69, 9.17) is 5.73 Å². The molecule has 2 aromatic rings. The molecule has 17 heavy (non-hydrogen) atoms. The second-order valence-electron chi connectivity index (χ2n) is 4.86. The third kappa shape index (κ3) is 2.49. The van der Waals surface area contributed by atoms with Gasteiger partial charge in [-0.1, -0.05) is 26.0 Å². The average molecular weight is 229 g/mol. The molecular formula is C14H19N3. The van der Waals surface area contributed by atoms with E-state index in [9.17, 15) is 0 Å². The lowest BCUT2D eigenvalue weighted by Gasteiger charge is -2.11. The highest BCUT2D eigenvalue weighted by molar-refractivity contribution is 5.66. The van der Waals surface area contributed by atoms with Crippen LogP contribution in [-0.2, 0) is 6.54 Å². The number of rotatable bonds is 3. The molecule has 1 heterocycles. The Morgan fingerprint density at radius 3 is 2.71 bits per heavy atom. The highest BCUT2D eigenvalue weighted by Gasteiger charge is 2.07. The maximum atomic E-state index is 5.95. The quantitative estimate of drug-likeness (QED) is 0.822. The van der Waals surface area contributed by atoms with Crippen molar-refractivity contribution in [1.29, 1.82) is 0 Å². The number of aromatic nitrogens is 2. The lowest BCUT2D eigenvalue weighted by molar-refractivity contribution is 0.487. The molecule has 0 saturated carbocycles. The third-order valence-electron chi connectivity index (χ3n) is 2.83. The predicted molar refractivity (Wildman–Crippen MR) is 71.7 cm³/mol. The van der Waals surface area contributed by atoms with E-state index in [2.05, 4.69) is 31.1 Å². The summed E-state index contributed by atoms with van der Waals surface area (Å²) in [6, 6.07) is 8.20. The Morgan fingerprint density at radius 1 is 1.29 bits per heavy atom. The summed E-state index contributed by atoms with van der Waals surface area (Å²) < 4.78 is 2.04. The highest BCUT2D eigenvalue weighted by Crippen LogP contribution is 2.23. The Labute approximate surface area is 102 Å². The molecular weight excluding hydrogens is 210 g/mol. The molecule has 1 aromatic carbocycles. The van der Waals surface area contributed by atoms with E-state index in [-0.39, 0.29) is 0 Å². The Bertz CT molecular complexity index is 512. The first kappa shape index (κ1) is 11.7. The molecule has 3 nitrogen and oxygen atoms in total. The van der Waals surface area contributed by atoms with Gasteiger partial charge in [-0.25, -0.2) is 0 Å². The second kappa shape index (κ2) is 4.62. The van der Waals surface area contributed by atoms with Crippen LogP contribution < -0.4 is 5.73 Å². The fourth-order valence-corrected chi connectivity index (χ4v) is 1.87. The molecule has 0 radical (unpaired) electrons. The normalized spacial score (nSPS) is 11.1. The molecule has 1 aromatic heterocycles. The fourth-order valence-electron chi connectivity index (χ4n) is 1.87. The number of nitrogens with two attached hydrogens (primary N) is 1. The zero-order valence-electron chi connectivity index (χ0n) is 10.6. The monoisotopic (exact) mass is 229 g/mol. The lowest BCUT2D eigenvalue weighted by atomic mass is 10.1. The van der Waals surface area contributed by atoms with Crippen LogP contribution in [0.5, 0.6) is 0 Å². The number of anilines is 1. The molecule has 0 aliphatic rings. The number of hydrogen-bond donors (Lipinski definition) is 1. The zero-order valence-corrected chi connectivity index (χ0v) is 10.6. The molecule has 0 fully saturated rings. The Balaban J connectivity index is 2.39. The summed E-state index contributed by atoms with van der Waals surface area (Å²) in [6.45, 7) is 7.32. The van der Waals surface area contributed by atoms with Crippen LogP contribution in [0.15, 0.2) is 30.5 Å². The van der Waals surface area contributed by atoms with Crippen molar-refractivity contribution in [2.45, 2.75) is 27.3 Å². The summed E-state index contributed by atoms with van der Waals surface area (Å²) in [5.41, 5.74) is 10.2. The predicted octanol–water partition coefficient (Wildman–Crippen LogP) is 3.10. The SMILES string of the molecule is Cc1ccc(-c2ccnn2CC(C)C)cc1N. The van der Waals surface area contributed by atoms with Crippen molar-refractivity contribution >= 4 is 5.69 Å². The van der Waals surface area contributed by atoms with E-state index in [0.717, 1.165) is 29.1 Å². The third-order valence-corrected chi connectivity index (χ3v) is 2.83. The van der Waals surface area contributed by atoms with E-state index in [1.807, 2.05) is 29.9 Å². The first-order valence-electron chi connectivity index (χ1n) is 5.96. The van der Waals surface area contributed by atoms with Crippen LogP contribution in [0, 0.1) is 12.8 Å². The van der Waals surface area contributed by atoms with Gasteiger partial charge in [-0.15, -0.1) is 0 Å². The molecule has 2 rings (SSSR count). The van der Waals surface area contributed by atoms with E-state index in [1.54, 1.807) is 0 Å². The Morgan fingerprint density at radius 2 is 2.06 bits per heavy atom. The maximum Gasteiger partial charge on any atom is 0.0683 e. The van der Waals surface area contributed by atoms with Crippen molar-refractivity contribution in [2.24, 2.45) is 5.92 Å². The van der Waals surface area contributed by atoms with Gasteiger partial charge in [-0.3, -0.25) is 4.68 Å². The maximum absolute atomic E-state index is 5.95. The van der Waals surface area contributed by atoms with Gasteiger partial charge in [0.2, 0.25) is 0 Å². The summed E-state index contributed by atoms with van der Waals surface area (Å²) >= 11 is 0.